The summed E-state index contributed by atoms with van der Waals surface area (Å²) in [4.78, 5) is 5.79. The van der Waals surface area contributed by atoms with E-state index in [9.17, 15) is 8.42 Å². The highest BCUT2D eigenvalue weighted by Crippen LogP contribution is 2.19. The second-order valence-electron chi connectivity index (χ2n) is 6.40. The minimum atomic E-state index is -3.43. The summed E-state index contributed by atoms with van der Waals surface area (Å²) in [5, 5.41) is 6.49. The van der Waals surface area contributed by atoms with Crippen LogP contribution in [0.2, 0.25) is 0 Å². The summed E-state index contributed by atoms with van der Waals surface area (Å²) < 4.78 is 25.4. The van der Waals surface area contributed by atoms with E-state index in [1.807, 2.05) is 31.2 Å². The Labute approximate surface area is 159 Å². The molecular formula is C21H22N2O3S. The molecule has 0 aliphatic heterocycles. The smallest absolute Gasteiger partial charge is 0.242 e. The van der Waals surface area contributed by atoms with E-state index in [1.54, 1.807) is 24.3 Å². The second-order valence-corrected chi connectivity index (χ2v) is 8.55. The van der Waals surface area contributed by atoms with Gasteiger partial charge in [0.15, 0.2) is 0 Å². The van der Waals surface area contributed by atoms with Crippen LogP contribution in [0, 0.1) is 0 Å². The molecule has 0 heterocycles. The Morgan fingerprint density at radius 2 is 1.63 bits per heavy atom. The largest absolute Gasteiger partial charge is 0.391 e. The quantitative estimate of drug-likeness (QED) is 0.478. The maximum Gasteiger partial charge on any atom is 0.242 e. The highest BCUT2D eigenvalue weighted by atomic mass is 32.2. The molecule has 5 nitrogen and oxygen atoms in total. The highest BCUT2D eigenvalue weighted by Gasteiger charge is 2.16. The average Bonchev–Trinajstić information content (AvgIpc) is 2.68. The molecule has 27 heavy (non-hydrogen) atoms. The predicted molar refractivity (Wildman–Crippen MR) is 108 cm³/mol. The van der Waals surface area contributed by atoms with Crippen LogP contribution in [0.1, 0.15) is 18.1 Å². The van der Waals surface area contributed by atoms with Crippen LogP contribution in [0.3, 0.4) is 0 Å². The van der Waals surface area contributed by atoms with Gasteiger partial charge in [0.25, 0.3) is 0 Å². The van der Waals surface area contributed by atoms with Gasteiger partial charge < -0.3 is 4.84 Å². The lowest BCUT2D eigenvalue weighted by Gasteiger charge is -2.11. The maximum absolute atomic E-state index is 12.1. The molecule has 0 saturated heterocycles. The Kier molecular flexibility index (Phi) is 5.58. The summed E-state index contributed by atoms with van der Waals surface area (Å²) in [6.07, 6.45) is 0. The Bertz CT molecular complexity index is 1070. The topological polar surface area (TPSA) is 59.0 Å². The maximum atomic E-state index is 12.1. The van der Waals surface area contributed by atoms with Crippen molar-refractivity contribution in [1.29, 1.82) is 0 Å². The van der Waals surface area contributed by atoms with Gasteiger partial charge >= 0.3 is 0 Å². The van der Waals surface area contributed by atoms with Crippen molar-refractivity contribution < 1.29 is 13.3 Å². The summed E-state index contributed by atoms with van der Waals surface area (Å²) in [5.74, 6) is 0. The van der Waals surface area contributed by atoms with Gasteiger partial charge in [0.1, 0.15) is 6.61 Å². The first kappa shape index (κ1) is 19.1. The monoisotopic (exact) mass is 382 g/mol. The first-order valence-electron chi connectivity index (χ1n) is 8.56. The van der Waals surface area contributed by atoms with E-state index in [1.165, 1.54) is 18.4 Å². The van der Waals surface area contributed by atoms with Crippen LogP contribution in [-0.2, 0) is 21.5 Å². The Balaban J connectivity index is 1.72. The minimum absolute atomic E-state index is 0.251. The number of nitrogens with zero attached hydrogens (tertiary/aromatic N) is 2. The number of benzene rings is 3. The van der Waals surface area contributed by atoms with Crippen molar-refractivity contribution in [3.05, 3.63) is 77.9 Å². The van der Waals surface area contributed by atoms with E-state index in [0.29, 0.717) is 12.3 Å². The molecule has 0 aromatic heterocycles. The number of hydrogen-bond acceptors (Lipinski definition) is 4. The van der Waals surface area contributed by atoms with Crippen molar-refractivity contribution in [3.8, 4) is 0 Å². The fraction of sp³-hybridized carbons (Fsp3) is 0.190. The number of oxime groups is 1. The first-order valence-corrected chi connectivity index (χ1v) is 10.00. The lowest BCUT2D eigenvalue weighted by Crippen LogP contribution is -2.22. The molecule has 0 amide bonds. The summed E-state index contributed by atoms with van der Waals surface area (Å²) in [6.45, 7) is 2.20. The van der Waals surface area contributed by atoms with Gasteiger partial charge in [-0.25, -0.2) is 12.7 Å². The van der Waals surface area contributed by atoms with Crippen LogP contribution in [0.4, 0.5) is 0 Å². The number of sulfonamides is 1. The normalized spacial score (nSPS) is 12.5. The van der Waals surface area contributed by atoms with E-state index in [0.717, 1.165) is 21.9 Å². The van der Waals surface area contributed by atoms with Crippen LogP contribution < -0.4 is 0 Å². The van der Waals surface area contributed by atoms with Crippen LogP contribution >= 0.6 is 0 Å². The van der Waals surface area contributed by atoms with Crippen LogP contribution in [0.25, 0.3) is 10.8 Å². The summed E-state index contributed by atoms with van der Waals surface area (Å²) in [5.41, 5.74) is 2.56. The Morgan fingerprint density at radius 3 is 2.33 bits per heavy atom. The van der Waals surface area contributed by atoms with E-state index in [4.69, 9.17) is 4.84 Å². The molecular weight excluding hydrogens is 360 g/mol. The average molecular weight is 382 g/mol. The summed E-state index contributed by atoms with van der Waals surface area (Å²) in [7, 11) is -0.409. The zero-order valence-electron chi connectivity index (χ0n) is 15.6. The van der Waals surface area contributed by atoms with Crippen molar-refractivity contribution in [2.75, 3.05) is 14.1 Å². The third kappa shape index (κ3) is 4.18. The third-order valence-corrected chi connectivity index (χ3v) is 6.18. The van der Waals surface area contributed by atoms with E-state index in [-0.39, 0.29) is 4.90 Å². The molecule has 0 aliphatic rings. The third-order valence-electron chi connectivity index (χ3n) is 4.35. The summed E-state index contributed by atoms with van der Waals surface area (Å²) in [6, 6.07) is 20.9. The molecule has 0 N–H and O–H groups in total. The van der Waals surface area contributed by atoms with Crippen molar-refractivity contribution >= 4 is 26.5 Å². The van der Waals surface area contributed by atoms with Crippen LogP contribution in [0.15, 0.2) is 76.8 Å². The highest BCUT2D eigenvalue weighted by molar-refractivity contribution is 7.89. The van der Waals surface area contributed by atoms with Gasteiger partial charge in [-0.1, -0.05) is 59.8 Å². The summed E-state index contributed by atoms with van der Waals surface area (Å²) >= 11 is 0. The molecule has 3 rings (SSSR count). The Morgan fingerprint density at radius 1 is 0.963 bits per heavy atom. The molecule has 0 spiro atoms. The van der Waals surface area contributed by atoms with Gasteiger partial charge in [-0.2, -0.15) is 0 Å². The molecule has 140 valence electrons. The molecule has 0 saturated carbocycles. The molecule has 6 heteroatoms. The van der Waals surface area contributed by atoms with Gasteiger partial charge in [0.2, 0.25) is 10.0 Å². The lowest BCUT2D eigenvalue weighted by atomic mass is 10.1. The zero-order chi connectivity index (χ0) is 19.4. The predicted octanol–water partition coefficient (Wildman–Crippen LogP) is 4.03. The zero-order valence-corrected chi connectivity index (χ0v) is 16.4. The standard InChI is InChI=1S/C21H22N2O3S/c1-16(17-11-13-20(14-12-17)27(24,25)23(2)3)22-26-15-19-9-6-8-18-7-4-5-10-21(18)19/h4-14H,15H2,1-3H3/b22-16-. The SMILES string of the molecule is C/C(=N/OCc1cccc2ccccc12)c1ccc(S(=O)(=O)N(C)C)cc1. The van der Waals surface area contributed by atoms with Gasteiger partial charge in [0, 0.05) is 14.1 Å². The van der Waals surface area contributed by atoms with Crippen LogP contribution in [-0.4, -0.2) is 32.5 Å². The molecule has 0 radical (unpaired) electrons. The van der Waals surface area contributed by atoms with Gasteiger partial charge in [-0.15, -0.1) is 0 Å². The van der Waals surface area contributed by atoms with E-state index >= 15 is 0 Å². The molecule has 3 aromatic carbocycles. The lowest BCUT2D eigenvalue weighted by molar-refractivity contribution is 0.131. The molecule has 0 fully saturated rings. The molecule has 0 unspecified atom stereocenters. The van der Waals surface area contributed by atoms with Gasteiger partial charge in [0.05, 0.1) is 10.6 Å². The van der Waals surface area contributed by atoms with Crippen molar-refractivity contribution in [3.63, 3.8) is 0 Å². The van der Waals surface area contributed by atoms with E-state index < -0.39 is 10.0 Å². The molecule has 0 atom stereocenters. The molecule has 3 aromatic rings. The second kappa shape index (κ2) is 7.90. The van der Waals surface area contributed by atoms with Crippen LogP contribution in [0.5, 0.6) is 0 Å². The fourth-order valence-corrected chi connectivity index (χ4v) is 3.65. The van der Waals surface area contributed by atoms with Gasteiger partial charge in [-0.3, -0.25) is 0 Å². The van der Waals surface area contributed by atoms with Gasteiger partial charge in [-0.05, 0) is 41.0 Å². The van der Waals surface area contributed by atoms with Crippen molar-refractivity contribution in [2.24, 2.45) is 5.16 Å². The fourth-order valence-electron chi connectivity index (χ4n) is 2.75. The van der Waals surface area contributed by atoms with Crippen molar-refractivity contribution in [2.45, 2.75) is 18.4 Å². The van der Waals surface area contributed by atoms with Crippen molar-refractivity contribution in [1.82, 2.24) is 4.31 Å². The number of hydrogen-bond donors (Lipinski definition) is 0. The Hall–Kier alpha value is -2.70. The number of fused-ring (bicyclic) bond motifs is 1. The minimum Gasteiger partial charge on any atom is -0.391 e. The molecule has 0 bridgehead atoms. The number of rotatable bonds is 6. The van der Waals surface area contributed by atoms with E-state index in [2.05, 4.69) is 23.4 Å². The molecule has 0 aliphatic carbocycles. The first-order chi connectivity index (χ1) is 12.9.